The Morgan fingerprint density at radius 2 is 1.83 bits per heavy atom. The first kappa shape index (κ1) is 25.1. The van der Waals surface area contributed by atoms with E-state index < -0.39 is 0 Å². The molecule has 1 unspecified atom stereocenters. The average Bonchev–Trinajstić information content (AvgIpc) is 2.92. The fourth-order valence-electron chi connectivity index (χ4n) is 4.48. The number of methoxy groups -OCH3 is 1. The molecule has 1 fully saturated rings. The predicted octanol–water partition coefficient (Wildman–Crippen LogP) is 5.44. The number of urea groups is 1. The minimum atomic E-state index is -0.139. The number of ether oxygens (including phenoxy) is 2. The summed E-state index contributed by atoms with van der Waals surface area (Å²) in [5.74, 6) is 1.37. The third-order valence-corrected chi connectivity index (χ3v) is 6.33. The maximum absolute atomic E-state index is 12.9. The molecule has 0 saturated carbocycles. The molecule has 1 heterocycles. The maximum Gasteiger partial charge on any atom is 0.321 e. The number of para-hydroxylation sites is 1. The summed E-state index contributed by atoms with van der Waals surface area (Å²) in [6, 6.07) is 22.7. The standard InChI is InChI=1S/C29H33N3O4/c1-3-36-27-17-21(14-15-26(27)35-2)19-30-28(33)23-10-7-9-22(18-23)24-11-8-16-32(20-24)29(34)31-25-12-5-4-6-13-25/h4-7,9-10,12-15,17-18,24H,3,8,11,16,19-20H2,1-2H3,(H,30,33)(H,31,34). The number of anilines is 1. The van der Waals surface area contributed by atoms with Gasteiger partial charge in [0.15, 0.2) is 11.5 Å². The highest BCUT2D eigenvalue weighted by Crippen LogP contribution is 2.29. The van der Waals surface area contributed by atoms with Gasteiger partial charge in [0.2, 0.25) is 0 Å². The number of nitrogens with one attached hydrogen (secondary N) is 2. The monoisotopic (exact) mass is 487 g/mol. The van der Waals surface area contributed by atoms with Crippen molar-refractivity contribution in [1.82, 2.24) is 10.2 Å². The lowest BCUT2D eigenvalue weighted by molar-refractivity contribution is 0.0950. The molecular formula is C29H33N3O4. The SMILES string of the molecule is CCOc1cc(CNC(=O)c2cccc(C3CCCN(C(=O)Nc4ccccc4)C3)c2)ccc1OC. The maximum atomic E-state index is 12.9. The molecule has 2 N–H and O–H groups in total. The first-order valence-corrected chi connectivity index (χ1v) is 12.4. The molecule has 188 valence electrons. The lowest BCUT2D eigenvalue weighted by Gasteiger charge is -2.33. The van der Waals surface area contributed by atoms with Gasteiger partial charge in [-0.15, -0.1) is 0 Å². The second-order valence-corrected chi connectivity index (χ2v) is 8.81. The fourth-order valence-corrected chi connectivity index (χ4v) is 4.48. The summed E-state index contributed by atoms with van der Waals surface area (Å²) in [4.78, 5) is 27.6. The Morgan fingerprint density at radius 3 is 2.61 bits per heavy atom. The molecule has 3 aromatic carbocycles. The molecule has 0 bridgehead atoms. The largest absolute Gasteiger partial charge is 0.493 e. The number of carbonyl (C=O) groups excluding carboxylic acids is 2. The predicted molar refractivity (Wildman–Crippen MR) is 141 cm³/mol. The minimum absolute atomic E-state index is 0.0919. The van der Waals surface area contributed by atoms with Gasteiger partial charge in [-0.3, -0.25) is 4.79 Å². The molecule has 4 rings (SSSR count). The molecule has 7 heteroatoms. The van der Waals surface area contributed by atoms with E-state index in [2.05, 4.69) is 10.6 Å². The molecule has 1 saturated heterocycles. The summed E-state index contributed by atoms with van der Waals surface area (Å²) in [5.41, 5.74) is 3.39. The van der Waals surface area contributed by atoms with Gasteiger partial charge < -0.3 is 25.0 Å². The van der Waals surface area contributed by atoms with Crippen LogP contribution in [0.4, 0.5) is 10.5 Å². The van der Waals surface area contributed by atoms with Crippen LogP contribution in [0.3, 0.4) is 0 Å². The van der Waals surface area contributed by atoms with Crippen molar-refractivity contribution < 1.29 is 19.1 Å². The van der Waals surface area contributed by atoms with Crippen molar-refractivity contribution in [2.45, 2.75) is 32.2 Å². The number of piperidine rings is 1. The molecule has 0 radical (unpaired) electrons. The van der Waals surface area contributed by atoms with Crippen LogP contribution in [0.15, 0.2) is 72.8 Å². The van der Waals surface area contributed by atoms with Gasteiger partial charge in [0.25, 0.3) is 5.91 Å². The third-order valence-electron chi connectivity index (χ3n) is 6.33. The van der Waals surface area contributed by atoms with Gasteiger partial charge in [-0.1, -0.05) is 36.4 Å². The Balaban J connectivity index is 1.38. The van der Waals surface area contributed by atoms with Gasteiger partial charge in [0.05, 0.1) is 13.7 Å². The summed E-state index contributed by atoms with van der Waals surface area (Å²) >= 11 is 0. The van der Waals surface area contributed by atoms with Crippen molar-refractivity contribution >= 4 is 17.6 Å². The highest BCUT2D eigenvalue weighted by Gasteiger charge is 2.25. The minimum Gasteiger partial charge on any atom is -0.493 e. The summed E-state index contributed by atoms with van der Waals surface area (Å²) in [6.07, 6.45) is 1.90. The van der Waals surface area contributed by atoms with Crippen LogP contribution in [-0.4, -0.2) is 43.6 Å². The Labute approximate surface area is 212 Å². The number of rotatable bonds is 8. The highest BCUT2D eigenvalue weighted by atomic mass is 16.5. The van der Waals surface area contributed by atoms with E-state index in [4.69, 9.17) is 9.47 Å². The van der Waals surface area contributed by atoms with Crippen molar-refractivity contribution in [3.05, 3.63) is 89.5 Å². The average molecular weight is 488 g/mol. The number of carbonyl (C=O) groups is 2. The fraction of sp³-hybridized carbons (Fsp3) is 0.310. The number of hydrogen-bond donors (Lipinski definition) is 2. The first-order valence-electron chi connectivity index (χ1n) is 12.4. The zero-order valence-electron chi connectivity index (χ0n) is 20.8. The molecule has 0 aliphatic carbocycles. The number of benzene rings is 3. The Bertz CT molecular complexity index is 1180. The zero-order valence-corrected chi connectivity index (χ0v) is 20.8. The van der Waals surface area contributed by atoms with Crippen LogP contribution in [0.5, 0.6) is 11.5 Å². The molecule has 36 heavy (non-hydrogen) atoms. The smallest absolute Gasteiger partial charge is 0.321 e. The topological polar surface area (TPSA) is 79.9 Å². The van der Waals surface area contributed by atoms with Gasteiger partial charge in [-0.05, 0) is 67.3 Å². The van der Waals surface area contributed by atoms with Crippen molar-refractivity contribution in [3.63, 3.8) is 0 Å². The second-order valence-electron chi connectivity index (χ2n) is 8.81. The van der Waals surface area contributed by atoms with Crippen LogP contribution >= 0.6 is 0 Å². The van der Waals surface area contributed by atoms with E-state index in [0.29, 0.717) is 36.8 Å². The van der Waals surface area contributed by atoms with Gasteiger partial charge in [0.1, 0.15) is 0 Å². The highest BCUT2D eigenvalue weighted by molar-refractivity contribution is 5.94. The summed E-state index contributed by atoms with van der Waals surface area (Å²) in [7, 11) is 1.60. The van der Waals surface area contributed by atoms with E-state index >= 15 is 0 Å². The third kappa shape index (κ3) is 6.36. The van der Waals surface area contributed by atoms with Gasteiger partial charge in [-0.25, -0.2) is 4.79 Å². The van der Waals surface area contributed by atoms with E-state index in [9.17, 15) is 9.59 Å². The number of hydrogen-bond acceptors (Lipinski definition) is 4. The number of likely N-dealkylation sites (tertiary alicyclic amines) is 1. The zero-order chi connectivity index (χ0) is 25.3. The second kappa shape index (κ2) is 12.1. The van der Waals surface area contributed by atoms with Crippen molar-refractivity contribution in [2.24, 2.45) is 0 Å². The van der Waals surface area contributed by atoms with Crippen molar-refractivity contribution in [1.29, 1.82) is 0 Å². The lowest BCUT2D eigenvalue weighted by Crippen LogP contribution is -2.41. The van der Waals surface area contributed by atoms with Crippen molar-refractivity contribution in [3.8, 4) is 11.5 Å². The van der Waals surface area contributed by atoms with E-state index in [1.807, 2.05) is 84.6 Å². The molecule has 0 aromatic heterocycles. The van der Waals surface area contributed by atoms with Crippen LogP contribution in [0.1, 0.15) is 47.2 Å². The van der Waals surface area contributed by atoms with Gasteiger partial charge in [-0.2, -0.15) is 0 Å². The molecule has 3 amide bonds. The first-order chi connectivity index (χ1) is 17.6. The number of amides is 3. The summed E-state index contributed by atoms with van der Waals surface area (Å²) in [5, 5.41) is 5.97. The normalized spacial score (nSPS) is 15.2. The van der Waals surface area contributed by atoms with Crippen LogP contribution < -0.4 is 20.1 Å². The van der Waals surface area contributed by atoms with Gasteiger partial charge in [0, 0.05) is 36.8 Å². The molecular weight excluding hydrogens is 454 g/mol. The Kier molecular flexibility index (Phi) is 8.44. The quantitative estimate of drug-likeness (QED) is 0.444. The van der Waals surface area contributed by atoms with Crippen LogP contribution in [-0.2, 0) is 6.54 Å². The van der Waals surface area contributed by atoms with E-state index in [-0.39, 0.29) is 17.9 Å². The molecule has 3 aromatic rings. The van der Waals surface area contributed by atoms with E-state index in [1.165, 1.54) is 0 Å². The summed E-state index contributed by atoms with van der Waals surface area (Å²) < 4.78 is 11.0. The molecule has 1 aliphatic rings. The van der Waals surface area contributed by atoms with E-state index in [0.717, 1.165) is 36.2 Å². The van der Waals surface area contributed by atoms with Gasteiger partial charge >= 0.3 is 6.03 Å². The Hall–Kier alpha value is -4.00. The number of nitrogens with zero attached hydrogens (tertiary/aromatic N) is 1. The molecule has 1 aliphatic heterocycles. The summed E-state index contributed by atoms with van der Waals surface area (Å²) in [6.45, 7) is 4.17. The van der Waals surface area contributed by atoms with E-state index in [1.54, 1.807) is 7.11 Å². The molecule has 1 atom stereocenters. The lowest BCUT2D eigenvalue weighted by atomic mass is 9.89. The van der Waals surface area contributed by atoms with Crippen molar-refractivity contribution in [2.75, 3.05) is 32.1 Å². The molecule has 7 nitrogen and oxygen atoms in total. The van der Waals surface area contributed by atoms with Crippen LogP contribution in [0.25, 0.3) is 0 Å². The van der Waals surface area contributed by atoms with Crippen LogP contribution in [0, 0.1) is 0 Å². The Morgan fingerprint density at radius 1 is 1.00 bits per heavy atom. The molecule has 0 spiro atoms. The van der Waals surface area contributed by atoms with Crippen LogP contribution in [0.2, 0.25) is 0 Å².